The zero-order valence-electron chi connectivity index (χ0n) is 4.22. The summed E-state index contributed by atoms with van der Waals surface area (Å²) in [6.07, 6.45) is 1.91. The van der Waals surface area contributed by atoms with Crippen LogP contribution in [0, 0.1) is 5.92 Å². The van der Waals surface area contributed by atoms with Crippen LogP contribution < -0.4 is 0 Å². The Hall–Kier alpha value is -0.860. The number of ether oxygens (including phenoxy) is 1. The topological polar surface area (TPSA) is 43.4 Å². The smallest absolute Gasteiger partial charge is 0.306 e. The minimum Gasteiger partial charge on any atom is -0.465 e. The Kier molecular flexibility index (Phi) is 1.28. The van der Waals surface area contributed by atoms with Gasteiger partial charge in [-0.2, -0.15) is 0 Å². The molecule has 0 aliphatic carbocycles. The van der Waals surface area contributed by atoms with Crippen LogP contribution in [0.4, 0.5) is 0 Å². The van der Waals surface area contributed by atoms with Crippen LogP contribution in [-0.4, -0.2) is 18.9 Å². The second-order valence-corrected chi connectivity index (χ2v) is 1.70. The van der Waals surface area contributed by atoms with Gasteiger partial charge in [0, 0.05) is 0 Å². The normalized spacial score (nSPS) is 27.5. The fourth-order valence-electron chi connectivity index (χ4n) is 0.588. The van der Waals surface area contributed by atoms with E-state index in [1.165, 1.54) is 0 Å². The van der Waals surface area contributed by atoms with Gasteiger partial charge in [-0.05, 0) is 0 Å². The number of esters is 1. The summed E-state index contributed by atoms with van der Waals surface area (Å²) in [6, 6.07) is 0. The van der Waals surface area contributed by atoms with Crippen LogP contribution in [0.2, 0.25) is 0 Å². The van der Waals surface area contributed by atoms with Crippen LogP contribution in [0.3, 0.4) is 0 Å². The van der Waals surface area contributed by atoms with Crippen molar-refractivity contribution in [3.05, 3.63) is 0 Å². The molecule has 0 saturated carbocycles. The second-order valence-electron chi connectivity index (χ2n) is 1.70. The van der Waals surface area contributed by atoms with Crippen molar-refractivity contribution in [1.82, 2.24) is 0 Å². The molecule has 1 aliphatic rings. The SMILES string of the molecule is O=[C][C@H]1COC(=O)C1. The molecule has 1 fully saturated rings. The summed E-state index contributed by atoms with van der Waals surface area (Å²) in [6.45, 7) is 0.225. The molecule has 3 nitrogen and oxygen atoms in total. The average Bonchev–Trinajstić information content (AvgIpc) is 2.14. The first-order valence-corrected chi connectivity index (χ1v) is 2.36. The third kappa shape index (κ3) is 0.857. The van der Waals surface area contributed by atoms with Gasteiger partial charge in [0.25, 0.3) is 0 Å². The fourth-order valence-corrected chi connectivity index (χ4v) is 0.588. The van der Waals surface area contributed by atoms with Crippen LogP contribution in [0.1, 0.15) is 6.42 Å². The Bertz CT molecular complexity index is 119. The molecule has 1 heterocycles. The average molecular weight is 113 g/mol. The van der Waals surface area contributed by atoms with Gasteiger partial charge in [0.05, 0.1) is 12.3 Å². The number of carbonyl (C=O) groups excluding carboxylic acids is 2. The molecular formula is C5H5O3. The van der Waals surface area contributed by atoms with Gasteiger partial charge < -0.3 is 4.74 Å². The van der Waals surface area contributed by atoms with Gasteiger partial charge in [-0.15, -0.1) is 0 Å². The summed E-state index contributed by atoms with van der Waals surface area (Å²) in [4.78, 5) is 20.0. The van der Waals surface area contributed by atoms with Gasteiger partial charge in [-0.1, -0.05) is 0 Å². The van der Waals surface area contributed by atoms with Crippen LogP contribution in [0.25, 0.3) is 0 Å². The van der Waals surface area contributed by atoms with E-state index >= 15 is 0 Å². The quantitative estimate of drug-likeness (QED) is 0.437. The van der Waals surface area contributed by atoms with Gasteiger partial charge >= 0.3 is 5.97 Å². The van der Waals surface area contributed by atoms with Gasteiger partial charge in [-0.3, -0.25) is 9.59 Å². The third-order valence-electron chi connectivity index (χ3n) is 1.03. The molecule has 0 aromatic carbocycles. The largest absolute Gasteiger partial charge is 0.465 e. The van der Waals surface area contributed by atoms with Crippen LogP contribution in [0.15, 0.2) is 0 Å². The van der Waals surface area contributed by atoms with Crippen molar-refractivity contribution in [3.8, 4) is 0 Å². The maximum absolute atomic E-state index is 10.2. The lowest BCUT2D eigenvalue weighted by Crippen LogP contribution is -1.98. The Balaban J connectivity index is 2.43. The molecule has 3 heteroatoms. The summed E-state index contributed by atoms with van der Waals surface area (Å²) in [7, 11) is 0. The lowest BCUT2D eigenvalue weighted by atomic mass is 10.1. The van der Waals surface area contributed by atoms with E-state index in [0.717, 1.165) is 0 Å². The molecule has 0 N–H and O–H groups in total. The summed E-state index contributed by atoms with van der Waals surface area (Å²) in [5.41, 5.74) is 0. The van der Waals surface area contributed by atoms with E-state index in [4.69, 9.17) is 0 Å². The third-order valence-corrected chi connectivity index (χ3v) is 1.03. The predicted octanol–water partition coefficient (Wildman–Crippen LogP) is -0.341. The summed E-state index contributed by atoms with van der Waals surface area (Å²) >= 11 is 0. The molecule has 8 heavy (non-hydrogen) atoms. The summed E-state index contributed by atoms with van der Waals surface area (Å²) in [5.74, 6) is -0.596. The molecule has 1 saturated heterocycles. The Morgan fingerprint density at radius 3 is 2.75 bits per heavy atom. The first kappa shape index (κ1) is 5.28. The van der Waals surface area contributed by atoms with Crippen molar-refractivity contribution in [2.75, 3.05) is 6.61 Å². The van der Waals surface area contributed by atoms with Gasteiger partial charge in [0.2, 0.25) is 6.29 Å². The molecule has 0 aromatic heterocycles. The van der Waals surface area contributed by atoms with Crippen molar-refractivity contribution in [2.45, 2.75) is 6.42 Å². The molecule has 43 valence electrons. The molecule has 0 bridgehead atoms. The van der Waals surface area contributed by atoms with Crippen molar-refractivity contribution in [1.29, 1.82) is 0 Å². The molecule has 0 aromatic rings. The molecule has 1 rings (SSSR count). The minimum absolute atomic E-state index is 0.212. The van der Waals surface area contributed by atoms with Gasteiger partial charge in [-0.25, -0.2) is 0 Å². The fraction of sp³-hybridized carbons (Fsp3) is 0.600. The molecule has 0 unspecified atom stereocenters. The number of carbonyl (C=O) groups is 1. The zero-order chi connectivity index (χ0) is 5.98. The van der Waals surface area contributed by atoms with E-state index in [1.807, 2.05) is 0 Å². The first-order valence-electron chi connectivity index (χ1n) is 2.36. The van der Waals surface area contributed by atoms with Crippen molar-refractivity contribution in [2.24, 2.45) is 5.92 Å². The maximum atomic E-state index is 10.2. The van der Waals surface area contributed by atoms with Crippen LogP contribution in [-0.2, 0) is 14.3 Å². The van der Waals surface area contributed by atoms with E-state index in [-0.39, 0.29) is 24.9 Å². The highest BCUT2D eigenvalue weighted by Crippen LogP contribution is 2.09. The van der Waals surface area contributed by atoms with E-state index in [0.29, 0.717) is 0 Å². The van der Waals surface area contributed by atoms with Crippen LogP contribution >= 0.6 is 0 Å². The number of cyclic esters (lactones) is 1. The molecular weight excluding hydrogens is 108 g/mol. The number of rotatable bonds is 1. The van der Waals surface area contributed by atoms with E-state index in [2.05, 4.69) is 4.74 Å². The standard InChI is InChI=1S/C5H5O3/c6-2-4-1-5(7)8-3-4/h4H,1,3H2/t4-/m0/s1. The molecule has 1 radical (unpaired) electrons. The molecule has 1 aliphatic heterocycles. The summed E-state index contributed by atoms with van der Waals surface area (Å²) in [5, 5.41) is 0. The molecule has 1 atom stereocenters. The minimum atomic E-state index is -0.303. The van der Waals surface area contributed by atoms with Gasteiger partial charge in [0.15, 0.2) is 0 Å². The lowest BCUT2D eigenvalue weighted by molar-refractivity contribution is -0.137. The number of hydrogen-bond acceptors (Lipinski definition) is 3. The summed E-state index contributed by atoms with van der Waals surface area (Å²) < 4.78 is 4.45. The highest BCUT2D eigenvalue weighted by molar-refractivity contribution is 5.76. The van der Waals surface area contributed by atoms with E-state index in [9.17, 15) is 9.59 Å². The highest BCUT2D eigenvalue weighted by atomic mass is 16.5. The Morgan fingerprint density at radius 2 is 2.50 bits per heavy atom. The van der Waals surface area contributed by atoms with E-state index in [1.54, 1.807) is 6.29 Å². The Morgan fingerprint density at radius 1 is 1.75 bits per heavy atom. The zero-order valence-corrected chi connectivity index (χ0v) is 4.22. The number of hydrogen-bond donors (Lipinski definition) is 0. The molecule has 0 spiro atoms. The lowest BCUT2D eigenvalue weighted by Gasteiger charge is -1.85. The van der Waals surface area contributed by atoms with Crippen molar-refractivity contribution >= 4 is 12.3 Å². The van der Waals surface area contributed by atoms with E-state index < -0.39 is 0 Å². The highest BCUT2D eigenvalue weighted by Gasteiger charge is 2.23. The van der Waals surface area contributed by atoms with Gasteiger partial charge in [0.1, 0.15) is 6.61 Å². The maximum Gasteiger partial charge on any atom is 0.306 e. The predicted molar refractivity (Wildman–Crippen MR) is 24.8 cm³/mol. The molecule has 0 amide bonds. The Labute approximate surface area is 46.6 Å². The van der Waals surface area contributed by atoms with Crippen molar-refractivity contribution < 1.29 is 14.3 Å². The first-order chi connectivity index (χ1) is 3.83. The van der Waals surface area contributed by atoms with Crippen molar-refractivity contribution in [3.63, 3.8) is 0 Å². The van der Waals surface area contributed by atoms with Crippen LogP contribution in [0.5, 0.6) is 0 Å². The monoisotopic (exact) mass is 113 g/mol. The second kappa shape index (κ2) is 1.94.